The van der Waals surface area contributed by atoms with Crippen molar-refractivity contribution in [2.45, 2.75) is 6.04 Å². The van der Waals surface area contributed by atoms with Gasteiger partial charge in [0.25, 0.3) is 5.91 Å². The van der Waals surface area contributed by atoms with Crippen molar-refractivity contribution in [2.75, 3.05) is 32.8 Å². The van der Waals surface area contributed by atoms with Crippen LogP contribution in [0.4, 0.5) is 0 Å². The average molecular weight is 350 g/mol. The third-order valence-corrected chi connectivity index (χ3v) is 4.81. The molecule has 1 saturated heterocycles. The molecule has 2 aromatic carbocycles. The summed E-state index contributed by atoms with van der Waals surface area (Å²) in [5.41, 5.74) is 3.57. The van der Waals surface area contributed by atoms with Crippen molar-refractivity contribution >= 4 is 16.9 Å². The van der Waals surface area contributed by atoms with E-state index in [1.54, 1.807) is 6.33 Å². The van der Waals surface area contributed by atoms with Gasteiger partial charge in [0.15, 0.2) is 0 Å². The molecule has 6 heteroatoms. The zero-order chi connectivity index (χ0) is 17.8. The van der Waals surface area contributed by atoms with Gasteiger partial charge in [0.05, 0.1) is 36.6 Å². The van der Waals surface area contributed by atoms with Crippen LogP contribution in [0.25, 0.3) is 11.0 Å². The van der Waals surface area contributed by atoms with E-state index in [1.165, 1.54) is 5.56 Å². The Morgan fingerprint density at radius 1 is 1.19 bits per heavy atom. The highest BCUT2D eigenvalue weighted by Crippen LogP contribution is 2.21. The van der Waals surface area contributed by atoms with Crippen LogP contribution < -0.4 is 5.32 Å². The Morgan fingerprint density at radius 3 is 2.81 bits per heavy atom. The van der Waals surface area contributed by atoms with Gasteiger partial charge in [-0.05, 0) is 23.8 Å². The molecule has 1 fully saturated rings. The summed E-state index contributed by atoms with van der Waals surface area (Å²) in [7, 11) is 0. The fourth-order valence-corrected chi connectivity index (χ4v) is 3.39. The van der Waals surface area contributed by atoms with Gasteiger partial charge >= 0.3 is 0 Å². The normalized spacial score (nSPS) is 16.5. The summed E-state index contributed by atoms with van der Waals surface area (Å²) in [4.78, 5) is 22.2. The van der Waals surface area contributed by atoms with Gasteiger partial charge in [0.2, 0.25) is 0 Å². The number of amides is 1. The summed E-state index contributed by atoms with van der Waals surface area (Å²) in [5.74, 6) is -0.0734. The summed E-state index contributed by atoms with van der Waals surface area (Å²) < 4.78 is 5.48. The quantitative estimate of drug-likeness (QED) is 0.741. The minimum atomic E-state index is -0.0734. The van der Waals surface area contributed by atoms with Crippen molar-refractivity contribution in [3.05, 3.63) is 66.0 Å². The maximum Gasteiger partial charge on any atom is 0.251 e. The Balaban J connectivity index is 1.49. The fourth-order valence-electron chi connectivity index (χ4n) is 3.39. The Morgan fingerprint density at radius 2 is 2.00 bits per heavy atom. The minimum Gasteiger partial charge on any atom is -0.379 e. The van der Waals surface area contributed by atoms with Crippen molar-refractivity contribution in [3.63, 3.8) is 0 Å². The molecule has 0 spiro atoms. The lowest BCUT2D eigenvalue weighted by molar-refractivity contribution is 0.0162. The molecule has 1 atom stereocenters. The summed E-state index contributed by atoms with van der Waals surface area (Å²) in [5, 5.41) is 3.10. The maximum atomic E-state index is 12.6. The van der Waals surface area contributed by atoms with Gasteiger partial charge in [-0.25, -0.2) is 4.98 Å². The molecule has 1 amide bonds. The number of hydrogen-bond donors (Lipinski definition) is 2. The molecular formula is C20H22N4O2. The van der Waals surface area contributed by atoms with E-state index in [1.807, 2.05) is 36.4 Å². The van der Waals surface area contributed by atoms with Crippen LogP contribution in [0.3, 0.4) is 0 Å². The SMILES string of the molecule is O=C(NC[C@@H](c1ccccc1)N1CCOCC1)c1ccc2nc[nH]c2c1. The molecule has 134 valence electrons. The topological polar surface area (TPSA) is 70.2 Å². The largest absolute Gasteiger partial charge is 0.379 e. The standard InChI is InChI=1S/C20H22N4O2/c25-20(16-6-7-17-18(12-16)23-14-22-17)21-13-19(15-4-2-1-3-5-15)24-8-10-26-11-9-24/h1-7,12,14,19H,8-11,13H2,(H,21,25)(H,22,23)/t19-/m0/s1. The van der Waals surface area contributed by atoms with Crippen molar-refractivity contribution in [1.82, 2.24) is 20.2 Å². The lowest BCUT2D eigenvalue weighted by Crippen LogP contribution is -2.43. The number of carbonyl (C=O) groups is 1. The van der Waals surface area contributed by atoms with Crippen LogP contribution in [-0.4, -0.2) is 53.6 Å². The van der Waals surface area contributed by atoms with Crippen LogP contribution >= 0.6 is 0 Å². The van der Waals surface area contributed by atoms with E-state index in [2.05, 4.69) is 32.3 Å². The van der Waals surface area contributed by atoms with Crippen LogP contribution in [0.15, 0.2) is 54.9 Å². The van der Waals surface area contributed by atoms with E-state index < -0.39 is 0 Å². The Hall–Kier alpha value is -2.70. The van der Waals surface area contributed by atoms with E-state index in [0.717, 1.165) is 37.3 Å². The number of nitrogens with zero attached hydrogens (tertiary/aromatic N) is 2. The molecule has 0 radical (unpaired) electrons. The number of imidazole rings is 1. The smallest absolute Gasteiger partial charge is 0.251 e. The molecule has 1 aliphatic heterocycles. The Bertz CT molecular complexity index is 872. The van der Waals surface area contributed by atoms with Crippen LogP contribution in [-0.2, 0) is 4.74 Å². The molecule has 0 bridgehead atoms. The van der Waals surface area contributed by atoms with Crippen LogP contribution in [0, 0.1) is 0 Å². The first-order chi connectivity index (χ1) is 12.8. The van der Waals surface area contributed by atoms with E-state index in [9.17, 15) is 4.79 Å². The number of ether oxygens (including phenoxy) is 1. The van der Waals surface area contributed by atoms with Crippen molar-refractivity contribution in [3.8, 4) is 0 Å². The number of rotatable bonds is 5. The second-order valence-corrected chi connectivity index (χ2v) is 6.42. The molecule has 2 heterocycles. The summed E-state index contributed by atoms with van der Waals surface area (Å²) in [6.45, 7) is 3.76. The number of aromatic nitrogens is 2. The van der Waals surface area contributed by atoms with Crippen LogP contribution in [0.1, 0.15) is 22.0 Å². The molecular weight excluding hydrogens is 328 g/mol. The first kappa shape index (κ1) is 16.8. The zero-order valence-electron chi connectivity index (χ0n) is 14.5. The minimum absolute atomic E-state index is 0.0734. The predicted octanol–water partition coefficient (Wildman–Crippen LogP) is 2.37. The molecule has 6 nitrogen and oxygen atoms in total. The number of benzene rings is 2. The first-order valence-corrected chi connectivity index (χ1v) is 8.89. The third kappa shape index (κ3) is 3.61. The lowest BCUT2D eigenvalue weighted by Gasteiger charge is -2.35. The number of H-pyrrole nitrogens is 1. The maximum absolute atomic E-state index is 12.6. The molecule has 0 unspecified atom stereocenters. The van der Waals surface area contributed by atoms with Gasteiger partial charge in [-0.3, -0.25) is 9.69 Å². The zero-order valence-corrected chi connectivity index (χ0v) is 14.5. The Labute approximate surface area is 152 Å². The number of hydrogen-bond acceptors (Lipinski definition) is 4. The molecule has 0 aliphatic carbocycles. The van der Waals surface area contributed by atoms with Gasteiger partial charge in [0, 0.05) is 25.2 Å². The van der Waals surface area contributed by atoms with Crippen molar-refractivity contribution in [1.29, 1.82) is 0 Å². The van der Waals surface area contributed by atoms with E-state index in [4.69, 9.17) is 4.74 Å². The molecule has 1 aliphatic rings. The fraction of sp³-hybridized carbons (Fsp3) is 0.300. The Kier molecular flexibility index (Phi) is 4.95. The highest BCUT2D eigenvalue weighted by atomic mass is 16.5. The predicted molar refractivity (Wildman–Crippen MR) is 100 cm³/mol. The first-order valence-electron chi connectivity index (χ1n) is 8.89. The van der Waals surface area contributed by atoms with Gasteiger partial charge in [-0.15, -0.1) is 0 Å². The van der Waals surface area contributed by atoms with Gasteiger partial charge in [-0.1, -0.05) is 30.3 Å². The third-order valence-electron chi connectivity index (χ3n) is 4.81. The van der Waals surface area contributed by atoms with Crippen molar-refractivity contribution < 1.29 is 9.53 Å². The summed E-state index contributed by atoms with van der Waals surface area (Å²) in [6.07, 6.45) is 1.64. The molecule has 1 aromatic heterocycles. The van der Waals surface area contributed by atoms with E-state index in [0.29, 0.717) is 12.1 Å². The lowest BCUT2D eigenvalue weighted by atomic mass is 10.0. The molecule has 4 rings (SSSR count). The van der Waals surface area contributed by atoms with E-state index >= 15 is 0 Å². The second kappa shape index (κ2) is 7.68. The number of nitrogens with one attached hydrogen (secondary N) is 2. The van der Waals surface area contributed by atoms with Gasteiger partial charge in [0.1, 0.15) is 0 Å². The number of fused-ring (bicyclic) bond motifs is 1. The van der Waals surface area contributed by atoms with Gasteiger partial charge in [-0.2, -0.15) is 0 Å². The monoisotopic (exact) mass is 350 g/mol. The van der Waals surface area contributed by atoms with Gasteiger partial charge < -0.3 is 15.0 Å². The van der Waals surface area contributed by atoms with E-state index in [-0.39, 0.29) is 11.9 Å². The summed E-state index contributed by atoms with van der Waals surface area (Å²) >= 11 is 0. The van der Waals surface area contributed by atoms with Crippen LogP contribution in [0.2, 0.25) is 0 Å². The van der Waals surface area contributed by atoms with Crippen molar-refractivity contribution in [2.24, 2.45) is 0 Å². The average Bonchev–Trinajstić information content (AvgIpc) is 3.17. The highest BCUT2D eigenvalue weighted by molar-refractivity contribution is 5.97. The number of aromatic amines is 1. The number of morpholine rings is 1. The highest BCUT2D eigenvalue weighted by Gasteiger charge is 2.23. The molecule has 26 heavy (non-hydrogen) atoms. The second-order valence-electron chi connectivity index (χ2n) is 6.42. The summed E-state index contributed by atoms with van der Waals surface area (Å²) in [6, 6.07) is 16.0. The number of carbonyl (C=O) groups excluding carboxylic acids is 1. The molecule has 0 saturated carbocycles. The molecule has 3 aromatic rings. The molecule has 2 N–H and O–H groups in total. The van der Waals surface area contributed by atoms with Crippen LogP contribution in [0.5, 0.6) is 0 Å².